The molecule has 0 unspecified atom stereocenters. The van der Waals surface area contributed by atoms with Crippen molar-refractivity contribution in [2.45, 2.75) is 26.2 Å². The molecule has 0 aliphatic heterocycles. The minimum Gasteiger partial charge on any atom is -0.466 e. The molecule has 104 valence electrons. The maximum absolute atomic E-state index is 10.6. The second kappa shape index (κ2) is 17.7. The molecule has 0 aliphatic rings. The molecule has 0 fully saturated rings. The van der Waals surface area contributed by atoms with Crippen LogP contribution in [0.15, 0.2) is 0 Å². The number of carbonyl (C=O) groups is 1. The monoisotopic (exact) mass is 252 g/mol. The van der Waals surface area contributed by atoms with E-state index in [0.29, 0.717) is 32.7 Å². The van der Waals surface area contributed by atoms with Crippen molar-refractivity contribution in [1.82, 2.24) is 0 Å². The highest BCUT2D eigenvalue weighted by Crippen LogP contribution is 1.91. The Kier molecular flexibility index (Phi) is 19.4. The molecule has 0 saturated carbocycles. The maximum atomic E-state index is 10.6. The Labute approximate surface area is 102 Å². The van der Waals surface area contributed by atoms with Gasteiger partial charge in [-0.25, -0.2) is 0 Å². The normalized spacial score (nSPS) is 9.41. The molecule has 0 radical (unpaired) electrons. The minimum atomic E-state index is -0.212. The van der Waals surface area contributed by atoms with Crippen molar-refractivity contribution in [3.8, 4) is 0 Å². The Bertz CT molecular complexity index is 137. The summed E-state index contributed by atoms with van der Waals surface area (Å²) in [5.41, 5.74) is 0. The third kappa shape index (κ3) is 21.2. The summed E-state index contributed by atoms with van der Waals surface area (Å²) in [6.07, 6.45) is 1.68. The van der Waals surface area contributed by atoms with Gasteiger partial charge in [-0.15, -0.1) is 0 Å². The first kappa shape index (κ1) is 18.7. The molecule has 6 heteroatoms. The van der Waals surface area contributed by atoms with Gasteiger partial charge in [0.15, 0.2) is 0 Å². The van der Waals surface area contributed by atoms with E-state index in [4.69, 9.17) is 20.1 Å². The first-order chi connectivity index (χ1) is 8.22. The van der Waals surface area contributed by atoms with Crippen molar-refractivity contribution in [2.24, 2.45) is 0 Å². The lowest BCUT2D eigenvalue weighted by Gasteiger charge is -2.00. The van der Waals surface area contributed by atoms with E-state index in [1.165, 1.54) is 0 Å². The van der Waals surface area contributed by atoms with Gasteiger partial charge < -0.3 is 24.8 Å². The average molecular weight is 252 g/mol. The third-order valence-corrected chi connectivity index (χ3v) is 1.48. The molecule has 0 heterocycles. The van der Waals surface area contributed by atoms with E-state index in [0.717, 1.165) is 6.42 Å². The van der Waals surface area contributed by atoms with Crippen LogP contribution in [-0.2, 0) is 14.3 Å². The molecule has 0 atom stereocenters. The quantitative estimate of drug-likeness (QED) is 0.385. The molecule has 0 aliphatic carbocycles. The third-order valence-electron chi connectivity index (χ3n) is 1.48. The molecule has 17 heavy (non-hydrogen) atoms. The number of aliphatic hydroxyl groups is 3. The van der Waals surface area contributed by atoms with Crippen LogP contribution in [0.25, 0.3) is 0 Å². The van der Waals surface area contributed by atoms with Crippen LogP contribution < -0.4 is 0 Å². The van der Waals surface area contributed by atoms with Gasteiger partial charge in [0.25, 0.3) is 0 Å². The first-order valence-electron chi connectivity index (χ1n) is 5.78. The fraction of sp³-hybridized carbons (Fsp3) is 0.909. The topological polar surface area (TPSA) is 96.2 Å². The number of carbonyl (C=O) groups excluding carboxylic acids is 1. The molecule has 0 rings (SSSR count). The largest absolute Gasteiger partial charge is 0.466 e. The lowest BCUT2D eigenvalue weighted by atomic mass is 10.3. The molecular weight excluding hydrogens is 228 g/mol. The molecule has 0 spiro atoms. The summed E-state index contributed by atoms with van der Waals surface area (Å²) < 4.78 is 9.38. The van der Waals surface area contributed by atoms with Gasteiger partial charge in [0.05, 0.1) is 33.0 Å². The summed E-state index contributed by atoms with van der Waals surface area (Å²) in [7, 11) is 0. The van der Waals surface area contributed by atoms with Crippen LogP contribution in [0.1, 0.15) is 26.2 Å². The zero-order valence-electron chi connectivity index (χ0n) is 10.4. The highest BCUT2D eigenvalue weighted by atomic mass is 16.5. The number of esters is 1. The van der Waals surface area contributed by atoms with Crippen LogP contribution in [-0.4, -0.2) is 60.9 Å². The zero-order valence-corrected chi connectivity index (χ0v) is 10.4. The second-order valence-electron chi connectivity index (χ2n) is 3.11. The summed E-state index contributed by atoms with van der Waals surface area (Å²) in [6.45, 7) is 3.19. The molecular formula is C11H24O6. The summed E-state index contributed by atoms with van der Waals surface area (Å²) in [5, 5.41) is 24.5. The van der Waals surface area contributed by atoms with Gasteiger partial charge in [0, 0.05) is 13.0 Å². The lowest BCUT2D eigenvalue weighted by Crippen LogP contribution is -2.05. The van der Waals surface area contributed by atoms with Crippen molar-refractivity contribution in [3.63, 3.8) is 0 Å². The van der Waals surface area contributed by atoms with Crippen LogP contribution in [0.3, 0.4) is 0 Å². The summed E-state index contributed by atoms with van der Waals surface area (Å²) in [4.78, 5) is 10.6. The van der Waals surface area contributed by atoms with Gasteiger partial charge in [-0.1, -0.05) is 6.92 Å². The number of ether oxygens (including phenoxy) is 2. The van der Waals surface area contributed by atoms with Gasteiger partial charge >= 0.3 is 5.97 Å². The van der Waals surface area contributed by atoms with Crippen molar-refractivity contribution >= 4 is 5.97 Å². The van der Waals surface area contributed by atoms with Crippen molar-refractivity contribution < 1.29 is 29.6 Å². The number of aliphatic hydroxyl groups excluding tert-OH is 3. The molecule has 0 aromatic heterocycles. The molecule has 0 amide bonds. The second-order valence-corrected chi connectivity index (χ2v) is 3.11. The Balaban J connectivity index is 0. The van der Waals surface area contributed by atoms with Crippen LogP contribution in [0, 0.1) is 0 Å². The number of rotatable bonds is 9. The Hall–Kier alpha value is -0.690. The van der Waals surface area contributed by atoms with Gasteiger partial charge in [-0.2, -0.15) is 0 Å². The van der Waals surface area contributed by atoms with E-state index < -0.39 is 0 Å². The fourth-order valence-electron chi connectivity index (χ4n) is 0.743. The molecule has 6 nitrogen and oxygen atoms in total. The van der Waals surface area contributed by atoms with Gasteiger partial charge in [0.1, 0.15) is 0 Å². The van der Waals surface area contributed by atoms with Gasteiger partial charge in [-0.05, 0) is 12.8 Å². The smallest absolute Gasteiger partial charge is 0.305 e. The van der Waals surface area contributed by atoms with Crippen molar-refractivity contribution in [3.05, 3.63) is 0 Å². The molecule has 0 saturated heterocycles. The van der Waals surface area contributed by atoms with E-state index in [-0.39, 0.29) is 25.8 Å². The summed E-state index contributed by atoms with van der Waals surface area (Å²) >= 11 is 0. The van der Waals surface area contributed by atoms with E-state index in [2.05, 4.69) is 4.74 Å². The SMILES string of the molecule is CCCOC(=O)CCCO.OCCOCCO. The summed E-state index contributed by atoms with van der Waals surface area (Å²) in [6, 6.07) is 0. The van der Waals surface area contributed by atoms with E-state index in [1.54, 1.807) is 0 Å². The molecule has 0 aromatic rings. The maximum Gasteiger partial charge on any atom is 0.305 e. The van der Waals surface area contributed by atoms with Crippen LogP contribution in [0.5, 0.6) is 0 Å². The van der Waals surface area contributed by atoms with Gasteiger partial charge in [-0.3, -0.25) is 4.79 Å². The molecule has 3 N–H and O–H groups in total. The first-order valence-corrected chi connectivity index (χ1v) is 5.78. The predicted molar refractivity (Wildman–Crippen MR) is 62.6 cm³/mol. The highest BCUT2D eigenvalue weighted by molar-refractivity contribution is 5.69. The number of hydrogen-bond donors (Lipinski definition) is 3. The average Bonchev–Trinajstić information content (AvgIpc) is 2.35. The fourth-order valence-corrected chi connectivity index (χ4v) is 0.743. The molecule has 0 bridgehead atoms. The van der Waals surface area contributed by atoms with E-state index in [9.17, 15) is 4.79 Å². The number of hydrogen-bond acceptors (Lipinski definition) is 6. The van der Waals surface area contributed by atoms with Crippen molar-refractivity contribution in [2.75, 3.05) is 39.6 Å². The predicted octanol–water partition coefficient (Wildman–Crippen LogP) is -0.300. The Morgan fingerprint density at radius 2 is 1.59 bits per heavy atom. The van der Waals surface area contributed by atoms with Crippen molar-refractivity contribution in [1.29, 1.82) is 0 Å². The minimum absolute atomic E-state index is 0.0278. The standard InChI is InChI=1S/C7H14O3.C4H10O3/c1-2-6-10-7(9)4-3-5-8;5-1-3-7-4-2-6/h8H,2-6H2,1H3;5-6H,1-4H2. The van der Waals surface area contributed by atoms with Crippen LogP contribution >= 0.6 is 0 Å². The Morgan fingerprint density at radius 3 is 2.00 bits per heavy atom. The van der Waals surface area contributed by atoms with Crippen LogP contribution in [0.4, 0.5) is 0 Å². The van der Waals surface area contributed by atoms with E-state index >= 15 is 0 Å². The van der Waals surface area contributed by atoms with E-state index in [1.807, 2.05) is 6.92 Å². The van der Waals surface area contributed by atoms with Crippen LogP contribution in [0.2, 0.25) is 0 Å². The van der Waals surface area contributed by atoms with Gasteiger partial charge in [0.2, 0.25) is 0 Å². The lowest BCUT2D eigenvalue weighted by molar-refractivity contribution is -0.143. The molecule has 0 aromatic carbocycles. The highest BCUT2D eigenvalue weighted by Gasteiger charge is 1.99. The zero-order chi connectivity index (χ0) is 13.4. The Morgan fingerprint density at radius 1 is 1.00 bits per heavy atom. The summed E-state index contributed by atoms with van der Waals surface area (Å²) in [5.74, 6) is -0.212.